The van der Waals surface area contributed by atoms with Gasteiger partial charge in [-0.15, -0.1) is 0 Å². The number of benzene rings is 1. The Morgan fingerprint density at radius 2 is 2.12 bits per heavy atom. The van der Waals surface area contributed by atoms with Gasteiger partial charge in [-0.05, 0) is 37.8 Å². The van der Waals surface area contributed by atoms with E-state index in [1.165, 1.54) is 0 Å². The van der Waals surface area contributed by atoms with E-state index in [-0.39, 0.29) is 12.1 Å². The first kappa shape index (κ1) is 17.5. The van der Waals surface area contributed by atoms with Crippen LogP contribution in [0.15, 0.2) is 42.7 Å². The number of nitrogens with zero attached hydrogens (tertiary/aromatic N) is 3. The van der Waals surface area contributed by atoms with Gasteiger partial charge in [-0.25, -0.2) is 9.48 Å². The summed E-state index contributed by atoms with van der Waals surface area (Å²) in [5.74, 6) is 0. The SMILES string of the molecule is CCCOC1CCCN(C(=O)Nc2cnn(-c3ccccc3)c2)CC1. The molecule has 25 heavy (non-hydrogen) atoms. The lowest BCUT2D eigenvalue weighted by Crippen LogP contribution is -2.35. The maximum Gasteiger partial charge on any atom is 0.321 e. The molecule has 134 valence electrons. The predicted molar refractivity (Wildman–Crippen MR) is 98.0 cm³/mol. The molecule has 1 atom stereocenters. The number of hydrogen-bond donors (Lipinski definition) is 1. The van der Waals surface area contributed by atoms with Gasteiger partial charge >= 0.3 is 6.03 Å². The van der Waals surface area contributed by atoms with Crippen LogP contribution in [0.25, 0.3) is 5.69 Å². The van der Waals surface area contributed by atoms with E-state index in [2.05, 4.69) is 17.3 Å². The van der Waals surface area contributed by atoms with E-state index in [0.717, 1.165) is 51.1 Å². The summed E-state index contributed by atoms with van der Waals surface area (Å²) in [4.78, 5) is 14.4. The summed E-state index contributed by atoms with van der Waals surface area (Å²) in [6.07, 6.45) is 7.72. The molecule has 3 rings (SSSR count). The number of likely N-dealkylation sites (tertiary alicyclic amines) is 1. The van der Waals surface area contributed by atoms with Crippen LogP contribution in [0.2, 0.25) is 0 Å². The van der Waals surface area contributed by atoms with Gasteiger partial charge in [0.2, 0.25) is 0 Å². The molecule has 6 nitrogen and oxygen atoms in total. The van der Waals surface area contributed by atoms with Crippen LogP contribution in [-0.2, 0) is 4.74 Å². The zero-order valence-electron chi connectivity index (χ0n) is 14.7. The molecule has 1 unspecified atom stereocenters. The van der Waals surface area contributed by atoms with Crippen LogP contribution in [0.3, 0.4) is 0 Å². The van der Waals surface area contributed by atoms with Crippen molar-refractivity contribution in [2.75, 3.05) is 25.0 Å². The van der Waals surface area contributed by atoms with Gasteiger partial charge in [-0.2, -0.15) is 5.10 Å². The molecule has 1 fully saturated rings. The average Bonchev–Trinajstić information content (AvgIpc) is 2.97. The maximum absolute atomic E-state index is 12.5. The number of ether oxygens (including phenoxy) is 1. The van der Waals surface area contributed by atoms with E-state index in [1.807, 2.05) is 41.4 Å². The number of amides is 2. The molecule has 1 saturated heterocycles. The van der Waals surface area contributed by atoms with E-state index in [4.69, 9.17) is 4.74 Å². The Hall–Kier alpha value is -2.34. The van der Waals surface area contributed by atoms with Crippen molar-refractivity contribution in [1.29, 1.82) is 0 Å². The van der Waals surface area contributed by atoms with Crippen molar-refractivity contribution >= 4 is 11.7 Å². The molecule has 1 aliphatic heterocycles. The van der Waals surface area contributed by atoms with E-state index in [9.17, 15) is 4.79 Å². The van der Waals surface area contributed by atoms with Crippen molar-refractivity contribution in [2.45, 2.75) is 38.7 Å². The second-order valence-electron chi connectivity index (χ2n) is 6.35. The lowest BCUT2D eigenvalue weighted by molar-refractivity contribution is 0.0446. The lowest BCUT2D eigenvalue weighted by Gasteiger charge is -2.20. The van der Waals surface area contributed by atoms with Crippen molar-refractivity contribution in [1.82, 2.24) is 14.7 Å². The Balaban J connectivity index is 1.55. The summed E-state index contributed by atoms with van der Waals surface area (Å²) in [5.41, 5.74) is 1.67. The quantitative estimate of drug-likeness (QED) is 0.901. The molecule has 1 N–H and O–H groups in total. The van der Waals surface area contributed by atoms with Gasteiger partial charge in [0.15, 0.2) is 0 Å². The van der Waals surface area contributed by atoms with Gasteiger partial charge in [0, 0.05) is 19.7 Å². The molecule has 0 spiro atoms. The van der Waals surface area contributed by atoms with Crippen molar-refractivity contribution in [3.05, 3.63) is 42.7 Å². The number of urea groups is 1. The first-order valence-corrected chi connectivity index (χ1v) is 9.04. The fourth-order valence-electron chi connectivity index (χ4n) is 3.03. The van der Waals surface area contributed by atoms with Crippen LogP contribution in [0.5, 0.6) is 0 Å². The molecule has 0 aliphatic carbocycles. The van der Waals surface area contributed by atoms with E-state index >= 15 is 0 Å². The number of aromatic nitrogens is 2. The number of carbonyl (C=O) groups excluding carboxylic acids is 1. The summed E-state index contributed by atoms with van der Waals surface area (Å²) in [6, 6.07) is 9.77. The molecule has 2 heterocycles. The summed E-state index contributed by atoms with van der Waals surface area (Å²) in [6.45, 7) is 4.42. The largest absolute Gasteiger partial charge is 0.378 e. The highest BCUT2D eigenvalue weighted by molar-refractivity contribution is 5.89. The minimum absolute atomic E-state index is 0.0660. The molecule has 1 aromatic carbocycles. The molecule has 1 aliphatic rings. The van der Waals surface area contributed by atoms with Crippen molar-refractivity contribution in [2.24, 2.45) is 0 Å². The Morgan fingerprint density at radius 1 is 1.28 bits per heavy atom. The Labute approximate surface area is 148 Å². The molecular weight excluding hydrogens is 316 g/mol. The monoisotopic (exact) mass is 342 g/mol. The summed E-state index contributed by atoms with van der Waals surface area (Å²) < 4.78 is 7.60. The highest BCUT2D eigenvalue weighted by atomic mass is 16.5. The first-order valence-electron chi connectivity index (χ1n) is 9.04. The Kier molecular flexibility index (Phi) is 6.06. The number of rotatable bonds is 5. The zero-order chi connectivity index (χ0) is 17.5. The van der Waals surface area contributed by atoms with Crippen molar-refractivity contribution in [3.63, 3.8) is 0 Å². The van der Waals surface area contributed by atoms with Gasteiger partial charge in [0.1, 0.15) is 0 Å². The summed E-state index contributed by atoms with van der Waals surface area (Å²) in [5, 5.41) is 7.26. The third kappa shape index (κ3) is 4.82. The van der Waals surface area contributed by atoms with Crippen LogP contribution in [0.1, 0.15) is 32.6 Å². The van der Waals surface area contributed by atoms with Crippen LogP contribution < -0.4 is 5.32 Å². The number of nitrogens with one attached hydrogen (secondary N) is 1. The maximum atomic E-state index is 12.5. The first-order chi connectivity index (χ1) is 12.3. The molecule has 0 bridgehead atoms. The van der Waals surface area contributed by atoms with Crippen LogP contribution in [0.4, 0.5) is 10.5 Å². The summed E-state index contributed by atoms with van der Waals surface area (Å²) >= 11 is 0. The van der Waals surface area contributed by atoms with Crippen molar-refractivity contribution < 1.29 is 9.53 Å². The number of hydrogen-bond acceptors (Lipinski definition) is 3. The molecule has 2 aromatic rings. The molecular formula is C19H26N4O2. The van der Waals surface area contributed by atoms with Crippen molar-refractivity contribution in [3.8, 4) is 5.69 Å². The molecule has 6 heteroatoms. The Morgan fingerprint density at radius 3 is 2.92 bits per heavy atom. The second-order valence-corrected chi connectivity index (χ2v) is 6.35. The molecule has 2 amide bonds. The van der Waals surface area contributed by atoms with E-state index in [1.54, 1.807) is 10.9 Å². The van der Waals surface area contributed by atoms with Gasteiger partial charge in [0.05, 0.1) is 29.9 Å². The standard InChI is InChI=1S/C19H26N4O2/c1-2-13-25-18-9-6-11-22(12-10-18)19(24)21-16-14-20-23(15-16)17-7-4-3-5-8-17/h3-5,7-8,14-15,18H,2,6,9-13H2,1H3,(H,21,24). The Bertz CT molecular complexity index is 671. The normalized spacial score (nSPS) is 18.0. The smallest absolute Gasteiger partial charge is 0.321 e. The molecule has 0 radical (unpaired) electrons. The zero-order valence-corrected chi connectivity index (χ0v) is 14.7. The minimum atomic E-state index is -0.0660. The van der Waals surface area contributed by atoms with Crippen LogP contribution >= 0.6 is 0 Å². The predicted octanol–water partition coefficient (Wildman–Crippen LogP) is 3.69. The third-order valence-electron chi connectivity index (χ3n) is 4.37. The fraction of sp³-hybridized carbons (Fsp3) is 0.474. The number of carbonyl (C=O) groups is 1. The van der Waals surface area contributed by atoms with E-state index in [0.29, 0.717) is 5.69 Å². The van der Waals surface area contributed by atoms with Gasteiger partial charge in [-0.1, -0.05) is 25.1 Å². The van der Waals surface area contributed by atoms with Gasteiger partial charge in [-0.3, -0.25) is 0 Å². The molecule has 0 saturated carbocycles. The van der Waals surface area contributed by atoms with Crippen LogP contribution in [0, 0.1) is 0 Å². The molecule has 1 aromatic heterocycles. The lowest BCUT2D eigenvalue weighted by atomic mass is 10.2. The number of anilines is 1. The summed E-state index contributed by atoms with van der Waals surface area (Å²) in [7, 11) is 0. The minimum Gasteiger partial charge on any atom is -0.378 e. The third-order valence-corrected chi connectivity index (χ3v) is 4.37. The highest BCUT2D eigenvalue weighted by Crippen LogP contribution is 2.17. The number of para-hydroxylation sites is 1. The second kappa shape index (κ2) is 8.67. The van der Waals surface area contributed by atoms with Gasteiger partial charge in [0.25, 0.3) is 0 Å². The highest BCUT2D eigenvalue weighted by Gasteiger charge is 2.21. The van der Waals surface area contributed by atoms with Gasteiger partial charge < -0.3 is 15.0 Å². The van der Waals surface area contributed by atoms with E-state index < -0.39 is 0 Å². The topological polar surface area (TPSA) is 59.4 Å². The van der Waals surface area contributed by atoms with Crippen LogP contribution in [-0.4, -0.2) is 46.5 Å². The average molecular weight is 342 g/mol. The fourth-order valence-corrected chi connectivity index (χ4v) is 3.03.